The van der Waals surface area contributed by atoms with Crippen molar-refractivity contribution in [2.24, 2.45) is 5.10 Å². The van der Waals surface area contributed by atoms with Crippen LogP contribution in [0.2, 0.25) is 0 Å². The topological polar surface area (TPSA) is 146 Å². The van der Waals surface area contributed by atoms with E-state index < -0.39 is 33.9 Å². The lowest BCUT2D eigenvalue weighted by Crippen LogP contribution is -2.32. The summed E-state index contributed by atoms with van der Waals surface area (Å²) in [6.45, 7) is 3.10. The zero-order chi connectivity index (χ0) is 23.4. The van der Waals surface area contributed by atoms with Gasteiger partial charge in [0.15, 0.2) is 6.10 Å². The SMILES string of the molecule is CCOC(=O)[C@H](C)Oc1c(C=Nn2c(=O)[nH]c3ccccc3c2=O)cc(Br)cc1[N+](=O)[O-]. The maximum Gasteiger partial charge on any atom is 0.349 e. The van der Waals surface area contributed by atoms with Crippen molar-refractivity contribution in [1.29, 1.82) is 0 Å². The monoisotopic (exact) mass is 504 g/mol. The number of aromatic nitrogens is 2. The van der Waals surface area contributed by atoms with E-state index in [9.17, 15) is 24.5 Å². The molecule has 0 spiro atoms. The first-order valence-electron chi connectivity index (χ1n) is 9.32. The molecule has 0 saturated heterocycles. The van der Waals surface area contributed by atoms with Crippen molar-refractivity contribution >= 4 is 44.7 Å². The summed E-state index contributed by atoms with van der Waals surface area (Å²) in [5, 5.41) is 15.7. The zero-order valence-electron chi connectivity index (χ0n) is 16.9. The minimum absolute atomic E-state index is 0.0571. The predicted octanol–water partition coefficient (Wildman–Crippen LogP) is 2.57. The molecule has 0 aliphatic rings. The molecule has 0 bridgehead atoms. The smallest absolute Gasteiger partial charge is 0.349 e. The Morgan fingerprint density at radius 3 is 2.75 bits per heavy atom. The molecule has 0 aliphatic heterocycles. The number of H-pyrrole nitrogens is 1. The summed E-state index contributed by atoms with van der Waals surface area (Å²) in [4.78, 5) is 50.3. The molecule has 0 saturated carbocycles. The van der Waals surface area contributed by atoms with Gasteiger partial charge < -0.3 is 14.5 Å². The highest BCUT2D eigenvalue weighted by Gasteiger charge is 2.25. The number of nitro benzene ring substituents is 1. The van der Waals surface area contributed by atoms with E-state index in [0.29, 0.717) is 14.7 Å². The van der Waals surface area contributed by atoms with Crippen LogP contribution in [-0.2, 0) is 9.53 Å². The molecule has 0 radical (unpaired) electrons. The average Bonchev–Trinajstić information content (AvgIpc) is 2.74. The third-order valence-corrected chi connectivity index (χ3v) is 4.73. The van der Waals surface area contributed by atoms with Gasteiger partial charge in [0.05, 0.1) is 28.6 Å². The number of rotatable bonds is 7. The number of carbonyl (C=O) groups excluding carboxylic acids is 1. The van der Waals surface area contributed by atoms with Crippen molar-refractivity contribution < 1.29 is 19.2 Å². The number of carbonyl (C=O) groups is 1. The molecule has 1 atom stereocenters. The Morgan fingerprint density at radius 1 is 1.34 bits per heavy atom. The molecule has 1 N–H and O–H groups in total. The summed E-state index contributed by atoms with van der Waals surface area (Å²) < 4.78 is 11.3. The first kappa shape index (κ1) is 22.9. The molecule has 3 rings (SSSR count). The number of fused-ring (bicyclic) bond motifs is 1. The lowest BCUT2D eigenvalue weighted by atomic mass is 10.2. The van der Waals surface area contributed by atoms with Crippen LogP contribution in [0.25, 0.3) is 10.9 Å². The predicted molar refractivity (Wildman–Crippen MR) is 119 cm³/mol. The van der Waals surface area contributed by atoms with E-state index >= 15 is 0 Å². The van der Waals surface area contributed by atoms with Gasteiger partial charge in [-0.05, 0) is 32.0 Å². The molecule has 12 heteroatoms. The first-order chi connectivity index (χ1) is 15.2. The van der Waals surface area contributed by atoms with E-state index in [4.69, 9.17) is 9.47 Å². The Morgan fingerprint density at radius 2 is 2.06 bits per heavy atom. The standard InChI is InChI=1S/C20H17BrN4O7/c1-3-31-19(27)11(2)32-17-12(8-13(21)9-16(17)25(29)30)10-22-24-18(26)14-6-4-5-7-15(14)23-20(24)28/h4-11H,3H2,1-2H3,(H,23,28)/t11-/m0/s1. The number of hydrogen-bond donors (Lipinski definition) is 1. The van der Waals surface area contributed by atoms with Crippen LogP contribution in [0.1, 0.15) is 19.4 Å². The minimum Gasteiger partial charge on any atom is -0.471 e. The van der Waals surface area contributed by atoms with Gasteiger partial charge in [0, 0.05) is 16.1 Å². The summed E-state index contributed by atoms with van der Waals surface area (Å²) >= 11 is 3.17. The van der Waals surface area contributed by atoms with E-state index in [0.717, 1.165) is 6.21 Å². The number of ether oxygens (including phenoxy) is 2. The van der Waals surface area contributed by atoms with Crippen LogP contribution in [0.4, 0.5) is 5.69 Å². The first-order valence-corrected chi connectivity index (χ1v) is 10.1. The maximum absolute atomic E-state index is 12.7. The fourth-order valence-electron chi connectivity index (χ4n) is 2.82. The van der Waals surface area contributed by atoms with Crippen LogP contribution in [0.3, 0.4) is 0 Å². The van der Waals surface area contributed by atoms with Gasteiger partial charge in [-0.25, -0.2) is 9.59 Å². The molecule has 0 aliphatic carbocycles. The van der Waals surface area contributed by atoms with Crippen molar-refractivity contribution in [3.8, 4) is 5.75 Å². The van der Waals surface area contributed by atoms with E-state index in [2.05, 4.69) is 26.0 Å². The summed E-state index contributed by atoms with van der Waals surface area (Å²) in [5.74, 6) is -0.984. The second kappa shape index (κ2) is 9.56. The Kier molecular flexibility index (Phi) is 6.83. The number of esters is 1. The Labute approximate surface area is 188 Å². The summed E-state index contributed by atoms with van der Waals surface area (Å²) in [5.41, 5.74) is -1.51. The second-order valence-electron chi connectivity index (χ2n) is 6.45. The van der Waals surface area contributed by atoms with Gasteiger partial charge >= 0.3 is 17.3 Å². The van der Waals surface area contributed by atoms with Crippen molar-refractivity contribution in [3.63, 3.8) is 0 Å². The number of para-hydroxylation sites is 1. The number of benzene rings is 2. The van der Waals surface area contributed by atoms with Gasteiger partial charge in [0.25, 0.3) is 5.56 Å². The second-order valence-corrected chi connectivity index (χ2v) is 7.37. The van der Waals surface area contributed by atoms with Crippen molar-refractivity contribution in [2.75, 3.05) is 6.61 Å². The number of halogens is 1. The van der Waals surface area contributed by atoms with Gasteiger partial charge in [0.1, 0.15) is 0 Å². The summed E-state index contributed by atoms with van der Waals surface area (Å²) in [6.07, 6.45) is -0.0927. The van der Waals surface area contributed by atoms with E-state index in [1.165, 1.54) is 25.1 Å². The Balaban J connectivity index is 2.12. The largest absolute Gasteiger partial charge is 0.471 e. The van der Waals surface area contributed by atoms with Gasteiger partial charge in [0.2, 0.25) is 5.75 Å². The molecule has 3 aromatic rings. The van der Waals surface area contributed by atoms with E-state index in [1.807, 2.05) is 0 Å². The lowest BCUT2D eigenvalue weighted by molar-refractivity contribution is -0.386. The Hall–Kier alpha value is -3.80. The highest BCUT2D eigenvalue weighted by molar-refractivity contribution is 9.10. The lowest BCUT2D eigenvalue weighted by Gasteiger charge is -2.15. The highest BCUT2D eigenvalue weighted by atomic mass is 79.9. The quantitative estimate of drug-likeness (QED) is 0.225. The molecular formula is C20H17BrN4O7. The van der Waals surface area contributed by atoms with Crippen LogP contribution in [0.15, 0.2) is 55.6 Å². The van der Waals surface area contributed by atoms with Crippen LogP contribution >= 0.6 is 15.9 Å². The van der Waals surface area contributed by atoms with Crippen LogP contribution < -0.4 is 16.0 Å². The molecule has 1 heterocycles. The molecule has 11 nitrogen and oxygen atoms in total. The minimum atomic E-state index is -1.16. The van der Waals surface area contributed by atoms with Crippen LogP contribution in [0, 0.1) is 10.1 Å². The normalized spacial score (nSPS) is 12.1. The van der Waals surface area contributed by atoms with Gasteiger partial charge in [-0.15, -0.1) is 4.68 Å². The fraction of sp³-hybridized carbons (Fsp3) is 0.200. The van der Waals surface area contributed by atoms with Crippen molar-refractivity contribution in [2.45, 2.75) is 20.0 Å². The Bertz CT molecular complexity index is 1350. The highest BCUT2D eigenvalue weighted by Crippen LogP contribution is 2.34. The third kappa shape index (κ3) is 4.75. The number of nitro groups is 1. The van der Waals surface area contributed by atoms with Crippen LogP contribution in [0.5, 0.6) is 5.75 Å². The maximum atomic E-state index is 12.7. The molecule has 0 unspecified atom stereocenters. The van der Waals surface area contributed by atoms with Crippen LogP contribution in [-0.4, -0.2) is 39.5 Å². The average molecular weight is 505 g/mol. The van der Waals surface area contributed by atoms with Gasteiger partial charge in [-0.3, -0.25) is 14.9 Å². The molecule has 1 aromatic heterocycles. The molecule has 2 aromatic carbocycles. The van der Waals surface area contributed by atoms with E-state index in [1.54, 1.807) is 25.1 Å². The molecule has 166 valence electrons. The molecular weight excluding hydrogens is 488 g/mol. The van der Waals surface area contributed by atoms with Gasteiger partial charge in [-0.1, -0.05) is 28.1 Å². The summed E-state index contributed by atoms with van der Waals surface area (Å²) in [6, 6.07) is 9.03. The third-order valence-electron chi connectivity index (χ3n) is 4.27. The number of nitrogens with zero attached hydrogens (tertiary/aromatic N) is 3. The van der Waals surface area contributed by atoms with E-state index in [-0.39, 0.29) is 23.3 Å². The zero-order valence-corrected chi connectivity index (χ0v) is 18.5. The molecule has 0 fully saturated rings. The van der Waals surface area contributed by atoms with Crippen molar-refractivity contribution in [1.82, 2.24) is 9.66 Å². The number of nitrogens with one attached hydrogen (secondary N) is 1. The number of aromatic amines is 1. The fourth-order valence-corrected chi connectivity index (χ4v) is 3.29. The number of hydrogen-bond acceptors (Lipinski definition) is 8. The van der Waals surface area contributed by atoms with Crippen molar-refractivity contribution in [3.05, 3.63) is 77.4 Å². The summed E-state index contributed by atoms with van der Waals surface area (Å²) in [7, 11) is 0. The van der Waals surface area contributed by atoms with Gasteiger partial charge in [-0.2, -0.15) is 5.10 Å². The molecule has 0 amide bonds. The molecule has 32 heavy (non-hydrogen) atoms.